The van der Waals surface area contributed by atoms with E-state index in [2.05, 4.69) is 0 Å². The van der Waals surface area contributed by atoms with Gasteiger partial charge >= 0.3 is 0 Å². The monoisotopic (exact) mass is 146 g/mol. The summed E-state index contributed by atoms with van der Waals surface area (Å²) in [5, 5.41) is 9.55. The molecule has 10 heavy (non-hydrogen) atoms. The highest BCUT2D eigenvalue weighted by Crippen LogP contribution is 2.19. The molecule has 0 rings (SSSR count). The summed E-state index contributed by atoms with van der Waals surface area (Å²) in [4.78, 5) is 1.80. The van der Waals surface area contributed by atoms with Gasteiger partial charge in [-0.25, -0.2) is 0 Å². The lowest BCUT2D eigenvalue weighted by Crippen LogP contribution is -2.63. The minimum Gasteiger partial charge on any atom is -0.387 e. The Labute approximate surface area is 62.8 Å². The number of rotatable bonds is 2. The molecule has 0 heterocycles. The van der Waals surface area contributed by atoms with Crippen LogP contribution in [0.5, 0.6) is 0 Å². The zero-order valence-electron chi connectivity index (χ0n) is 7.47. The zero-order chi connectivity index (χ0) is 8.58. The summed E-state index contributed by atoms with van der Waals surface area (Å²) in [5.74, 6) is 0. The van der Waals surface area contributed by atoms with E-state index in [0.29, 0.717) is 0 Å². The van der Waals surface area contributed by atoms with Gasteiger partial charge in [0.2, 0.25) is 0 Å². The van der Waals surface area contributed by atoms with E-state index in [0.717, 1.165) is 0 Å². The van der Waals surface area contributed by atoms with Crippen molar-refractivity contribution >= 4 is 0 Å². The maximum Gasteiger partial charge on any atom is 0.0943 e. The fourth-order valence-corrected chi connectivity index (χ4v) is 0.547. The number of hydrogen-bond acceptors (Lipinski definition) is 3. The van der Waals surface area contributed by atoms with Gasteiger partial charge in [-0.3, -0.25) is 4.90 Å². The van der Waals surface area contributed by atoms with Gasteiger partial charge in [-0.2, -0.15) is 0 Å². The lowest BCUT2D eigenvalue weighted by molar-refractivity contribution is -0.0604. The van der Waals surface area contributed by atoms with E-state index >= 15 is 0 Å². The molecule has 0 spiro atoms. The smallest absolute Gasteiger partial charge is 0.0943 e. The van der Waals surface area contributed by atoms with Crippen molar-refractivity contribution in [3.63, 3.8) is 0 Å². The predicted octanol–water partition coefficient (Wildman–Crippen LogP) is -0.00620. The van der Waals surface area contributed by atoms with Gasteiger partial charge in [-0.15, -0.1) is 0 Å². The van der Waals surface area contributed by atoms with Gasteiger partial charge in [-0.05, 0) is 34.9 Å². The molecule has 3 heteroatoms. The highest BCUT2D eigenvalue weighted by Gasteiger charge is 2.37. The van der Waals surface area contributed by atoms with Crippen LogP contribution in [0.4, 0.5) is 0 Å². The Kier molecular flexibility index (Phi) is 2.46. The summed E-state index contributed by atoms with van der Waals surface area (Å²) >= 11 is 0. The van der Waals surface area contributed by atoms with Crippen LogP contribution in [0, 0.1) is 0 Å². The van der Waals surface area contributed by atoms with Crippen molar-refractivity contribution in [1.82, 2.24) is 4.90 Å². The molecule has 0 aromatic heterocycles. The van der Waals surface area contributed by atoms with Crippen LogP contribution in [-0.4, -0.2) is 35.4 Å². The molecule has 0 aromatic carbocycles. The zero-order valence-corrected chi connectivity index (χ0v) is 7.47. The average Bonchev–Trinajstić information content (AvgIpc) is 1.62. The Morgan fingerprint density at radius 2 is 1.50 bits per heavy atom. The molecule has 0 bridgehead atoms. The largest absolute Gasteiger partial charge is 0.387 e. The third-order valence-electron chi connectivity index (χ3n) is 2.17. The van der Waals surface area contributed by atoms with Crippen molar-refractivity contribution < 1.29 is 5.11 Å². The van der Waals surface area contributed by atoms with Crippen LogP contribution in [0.2, 0.25) is 0 Å². The predicted molar refractivity (Wildman–Crippen MR) is 42.6 cm³/mol. The maximum absolute atomic E-state index is 9.55. The normalized spacial score (nSPS) is 19.2. The molecule has 3 N–H and O–H groups in total. The molecular weight excluding hydrogens is 128 g/mol. The first kappa shape index (κ1) is 9.88. The molecule has 0 aliphatic heterocycles. The number of likely N-dealkylation sites (N-methyl/N-ethyl adjacent to an activating group) is 1. The molecular formula is C7H18N2O. The number of nitrogens with zero attached hydrogens (tertiary/aromatic N) is 1. The minimum atomic E-state index is -0.878. The lowest BCUT2D eigenvalue weighted by Gasteiger charge is -2.42. The highest BCUT2D eigenvalue weighted by molar-refractivity contribution is 4.91. The Morgan fingerprint density at radius 3 is 1.50 bits per heavy atom. The Balaban J connectivity index is 4.40. The van der Waals surface area contributed by atoms with Gasteiger partial charge < -0.3 is 10.8 Å². The second-order valence-corrected chi connectivity index (χ2v) is 3.60. The summed E-state index contributed by atoms with van der Waals surface area (Å²) in [6.45, 7) is 5.20. The van der Waals surface area contributed by atoms with Gasteiger partial charge in [0.05, 0.1) is 11.3 Å². The summed E-state index contributed by atoms with van der Waals surface area (Å²) in [5.41, 5.74) is 4.26. The van der Waals surface area contributed by atoms with E-state index in [1.807, 2.05) is 14.1 Å². The van der Waals surface area contributed by atoms with Crippen molar-refractivity contribution in [2.24, 2.45) is 5.73 Å². The molecule has 62 valence electrons. The Morgan fingerprint density at radius 1 is 1.20 bits per heavy atom. The van der Waals surface area contributed by atoms with E-state index in [-0.39, 0.29) is 0 Å². The van der Waals surface area contributed by atoms with Gasteiger partial charge in [-0.1, -0.05) is 0 Å². The molecule has 1 atom stereocenters. The average molecular weight is 146 g/mol. The second-order valence-electron chi connectivity index (χ2n) is 3.60. The van der Waals surface area contributed by atoms with E-state index in [9.17, 15) is 5.11 Å². The highest BCUT2D eigenvalue weighted by atomic mass is 16.3. The van der Waals surface area contributed by atoms with Gasteiger partial charge in [0.1, 0.15) is 0 Å². The van der Waals surface area contributed by atoms with Gasteiger partial charge in [0, 0.05) is 0 Å². The van der Waals surface area contributed by atoms with E-state index in [1.54, 1.807) is 25.7 Å². The number of nitrogens with two attached hydrogens (primary N) is 1. The van der Waals surface area contributed by atoms with E-state index < -0.39 is 11.3 Å². The SMILES string of the molecule is CN(C)C(C)(N)C(C)(C)O. The molecule has 1 unspecified atom stereocenters. The van der Waals surface area contributed by atoms with Crippen LogP contribution >= 0.6 is 0 Å². The quantitative estimate of drug-likeness (QED) is 0.539. The third kappa shape index (κ3) is 1.68. The fourth-order valence-electron chi connectivity index (χ4n) is 0.547. The van der Waals surface area contributed by atoms with E-state index in [4.69, 9.17) is 5.73 Å². The van der Waals surface area contributed by atoms with Gasteiger partial charge in [0.15, 0.2) is 0 Å². The molecule has 0 saturated heterocycles. The first-order chi connectivity index (χ1) is 4.19. The molecule has 0 radical (unpaired) electrons. The number of hydrogen-bond donors (Lipinski definition) is 2. The maximum atomic E-state index is 9.55. The molecule has 3 nitrogen and oxygen atoms in total. The standard InChI is InChI=1S/C7H18N2O/c1-6(2,10)7(3,8)9(4)5/h10H,8H2,1-5H3. The van der Waals surface area contributed by atoms with Crippen LogP contribution in [0.3, 0.4) is 0 Å². The van der Waals surface area contributed by atoms with Crippen molar-refractivity contribution in [2.75, 3.05) is 14.1 Å². The summed E-state index contributed by atoms with van der Waals surface area (Å²) in [6, 6.07) is 0. The summed E-state index contributed by atoms with van der Waals surface area (Å²) in [6.07, 6.45) is 0. The first-order valence-electron chi connectivity index (χ1n) is 3.38. The van der Waals surface area contributed by atoms with Crippen molar-refractivity contribution in [3.05, 3.63) is 0 Å². The minimum absolute atomic E-state index is 0.674. The molecule has 0 aromatic rings. The van der Waals surface area contributed by atoms with Crippen molar-refractivity contribution in [2.45, 2.75) is 32.0 Å². The topological polar surface area (TPSA) is 49.5 Å². The van der Waals surface area contributed by atoms with E-state index in [1.165, 1.54) is 0 Å². The molecule has 0 amide bonds. The van der Waals surface area contributed by atoms with Crippen LogP contribution in [0.1, 0.15) is 20.8 Å². The molecule has 0 aliphatic carbocycles. The lowest BCUT2D eigenvalue weighted by atomic mass is 9.93. The van der Waals surface area contributed by atoms with Crippen molar-refractivity contribution in [3.8, 4) is 0 Å². The Hall–Kier alpha value is -0.120. The van der Waals surface area contributed by atoms with Crippen LogP contribution < -0.4 is 5.73 Å². The molecule has 0 saturated carbocycles. The second kappa shape index (κ2) is 2.49. The fraction of sp³-hybridized carbons (Fsp3) is 1.00. The summed E-state index contributed by atoms with van der Waals surface area (Å²) < 4.78 is 0. The van der Waals surface area contributed by atoms with Crippen LogP contribution in [0.15, 0.2) is 0 Å². The summed E-state index contributed by atoms with van der Waals surface area (Å²) in [7, 11) is 3.69. The van der Waals surface area contributed by atoms with Crippen LogP contribution in [-0.2, 0) is 0 Å². The molecule has 0 aliphatic rings. The third-order valence-corrected chi connectivity index (χ3v) is 2.17. The Bertz CT molecular complexity index is 113. The van der Waals surface area contributed by atoms with Crippen molar-refractivity contribution in [1.29, 1.82) is 0 Å². The first-order valence-corrected chi connectivity index (χ1v) is 3.38. The van der Waals surface area contributed by atoms with Gasteiger partial charge in [0.25, 0.3) is 0 Å². The molecule has 0 fully saturated rings. The number of aliphatic hydroxyl groups is 1. The van der Waals surface area contributed by atoms with Crippen LogP contribution in [0.25, 0.3) is 0 Å².